The molecule has 3 rings (SSSR count). The molecule has 0 aliphatic carbocycles. The van der Waals surface area contributed by atoms with Crippen molar-refractivity contribution in [3.8, 4) is 12.3 Å². The Morgan fingerprint density at radius 3 is 1.74 bits per heavy atom. The largest absolute Gasteiger partial charge is 0.475 e. The minimum absolute atomic E-state index is 0. The van der Waals surface area contributed by atoms with Gasteiger partial charge in [-0.05, 0) is 19.3 Å². The maximum Gasteiger partial charge on any atom is 0.475 e. The number of phosphoric ester groups is 3. The van der Waals surface area contributed by atoms with Crippen LogP contribution in [-0.4, -0.2) is 184 Å². The van der Waals surface area contributed by atoms with Crippen LogP contribution < -0.4 is 5.32 Å². The third-order valence-corrected chi connectivity index (χ3v) is 13.0. The molecule has 4 N–H and O–H groups in total. The number of nitrogens with one attached hydrogen (secondary N) is 1. The molecule has 0 aromatic heterocycles. The molecule has 0 saturated carbocycles. The monoisotopic (exact) mass is 979 g/mol. The molecule has 3 aliphatic rings. The zero-order valence-corrected chi connectivity index (χ0v) is 37.0. The van der Waals surface area contributed by atoms with E-state index in [1.165, 1.54) is 0 Å². The number of ether oxygens (including phenoxy) is 4. The Labute approximate surface area is 384 Å². The summed E-state index contributed by atoms with van der Waals surface area (Å²) in [4.78, 5) is 41.2. The lowest BCUT2D eigenvalue weighted by molar-refractivity contribution is -0.122. The fourth-order valence-electron chi connectivity index (χ4n) is 6.01. The molecule has 0 aromatic rings. The first kappa shape index (κ1) is 61.0. The lowest BCUT2D eigenvalue weighted by Crippen LogP contribution is -2.32. The van der Waals surface area contributed by atoms with Gasteiger partial charge in [0.05, 0.1) is 57.8 Å². The van der Waals surface area contributed by atoms with Crippen LogP contribution in [0.1, 0.15) is 53.4 Å². The van der Waals surface area contributed by atoms with Crippen LogP contribution in [0, 0.1) is 31.4 Å². The van der Waals surface area contributed by atoms with Crippen LogP contribution >= 0.6 is 23.5 Å². The molecule has 23 nitrogen and oxygen atoms in total. The van der Waals surface area contributed by atoms with Gasteiger partial charge in [-0.25, -0.2) is 26.8 Å². The second kappa shape index (κ2) is 31.2. The van der Waals surface area contributed by atoms with Gasteiger partial charge in [-0.15, -0.1) is 6.42 Å². The minimum atomic E-state index is -4.93. The van der Waals surface area contributed by atoms with Crippen molar-refractivity contribution >= 4 is 58.7 Å². The first-order chi connectivity index (χ1) is 30.0. The van der Waals surface area contributed by atoms with Gasteiger partial charge in [-0.1, -0.05) is 20.8 Å². The molecule has 0 bridgehead atoms. The van der Waals surface area contributed by atoms with Crippen LogP contribution in [0.2, 0.25) is 0 Å². The number of amides is 1. The number of terminal acetylenes is 1. The molecule has 6 radical (unpaired) electrons. The first-order valence-corrected chi connectivity index (χ1v) is 24.1. The van der Waals surface area contributed by atoms with Crippen molar-refractivity contribution in [3.05, 3.63) is 22.8 Å². The average molecular weight is 979 g/mol. The lowest BCUT2D eigenvalue weighted by atomic mass is 9.96. The van der Waals surface area contributed by atoms with E-state index < -0.39 is 124 Å². The second-order valence-corrected chi connectivity index (χ2v) is 18.7. The molecule has 29 heteroatoms. The Morgan fingerprint density at radius 2 is 1.26 bits per heavy atom. The van der Waals surface area contributed by atoms with Crippen molar-refractivity contribution < 1.29 is 93.5 Å². The van der Waals surface area contributed by atoms with Crippen molar-refractivity contribution in [1.29, 1.82) is 0 Å². The molecule has 3 heterocycles. The summed E-state index contributed by atoms with van der Waals surface area (Å²) in [5.74, 6) is 0.630. The number of phosphoric acid groups is 3. The van der Waals surface area contributed by atoms with Crippen LogP contribution in [-0.2, 0) is 78.4 Å². The third-order valence-electron chi connectivity index (χ3n) is 9.00. The Balaban J connectivity index is 0.0000106. The minimum Gasteiger partial charge on any atom is -0.396 e. The summed E-state index contributed by atoms with van der Waals surface area (Å²) < 4.78 is 106. The number of ketones is 1. The van der Waals surface area contributed by atoms with Crippen molar-refractivity contribution in [3.63, 3.8) is 0 Å². The van der Waals surface area contributed by atoms with E-state index in [1.807, 2.05) is 0 Å². The molecule has 0 aromatic carbocycles. The van der Waals surface area contributed by atoms with Gasteiger partial charge in [0.1, 0.15) is 67.5 Å². The van der Waals surface area contributed by atoms with E-state index in [9.17, 15) is 38.4 Å². The van der Waals surface area contributed by atoms with Gasteiger partial charge in [-0.3, -0.25) is 45.8 Å². The number of nitrogens with zero attached hydrogens (tertiary/aromatic N) is 2. The summed E-state index contributed by atoms with van der Waals surface area (Å²) in [5.41, 5.74) is 0. The highest BCUT2D eigenvalue weighted by atomic mass is 31.2. The highest BCUT2D eigenvalue weighted by Crippen LogP contribution is 2.56. The number of carbonyl (C=O) groups is 2. The van der Waals surface area contributed by atoms with E-state index in [0.717, 1.165) is 0 Å². The molecule has 13 atom stereocenters. The standard InChI is InChI=1S/C34H51B3N3O20P3.2CH4/c1-4-10-49-11-6-34(44)40-7-5-24(43)14-23(18-41)20-52-61(45,46)58-26-16-32(36)56-29(26)21-53-63(48,51-13-9-39-3)60-27-17-33(37)57-30(27)22-54-62(47,50-12-8-38-2)59-25-15-31(35)55-28(25)19-42;;/h1,23,25-33,41-42H,5-22H2,(H,40,44)(H,45,46);2*1H4/t23?,25-,26-,27-,28-,29-,30-,31-,32-,33-,62?,63?;;/m1../s1. The van der Waals surface area contributed by atoms with Crippen LogP contribution in [0.4, 0.5) is 0 Å². The van der Waals surface area contributed by atoms with Gasteiger partial charge < -0.3 is 49.1 Å². The van der Waals surface area contributed by atoms with E-state index in [4.69, 9.17) is 98.2 Å². The Kier molecular flexibility index (Phi) is 29.2. The molecular weight excluding hydrogens is 920 g/mol. The number of hydrogen-bond donors (Lipinski definition) is 4. The summed E-state index contributed by atoms with van der Waals surface area (Å²) in [6, 6.07) is -2.92. The molecule has 3 aliphatic heterocycles. The van der Waals surface area contributed by atoms with Crippen LogP contribution in [0.15, 0.2) is 0 Å². The Bertz CT molecular complexity index is 1720. The van der Waals surface area contributed by atoms with E-state index in [-0.39, 0.29) is 105 Å². The Hall–Kier alpha value is -2.04. The molecule has 3 fully saturated rings. The van der Waals surface area contributed by atoms with E-state index in [0.29, 0.717) is 0 Å². The van der Waals surface area contributed by atoms with Crippen molar-refractivity contribution in [2.45, 2.75) is 108 Å². The number of hydrogen-bond acceptors (Lipinski definition) is 19. The molecule has 1 amide bonds. The summed E-state index contributed by atoms with van der Waals surface area (Å²) in [6.45, 7) is 10.0. The van der Waals surface area contributed by atoms with Gasteiger partial charge in [0, 0.05) is 49.9 Å². The van der Waals surface area contributed by atoms with Crippen LogP contribution in [0.3, 0.4) is 0 Å². The third kappa shape index (κ3) is 22.7. The fraction of sp³-hybridized carbons (Fsp3) is 0.833. The Morgan fingerprint density at radius 1 is 0.769 bits per heavy atom. The lowest BCUT2D eigenvalue weighted by Gasteiger charge is -2.27. The van der Waals surface area contributed by atoms with Gasteiger partial charge in [0.15, 0.2) is 0 Å². The molecule has 3 saturated heterocycles. The van der Waals surface area contributed by atoms with Gasteiger partial charge >= 0.3 is 23.5 Å². The highest BCUT2D eigenvalue weighted by Gasteiger charge is 2.46. The normalized spacial score (nSPS) is 28.2. The van der Waals surface area contributed by atoms with E-state index in [1.54, 1.807) is 0 Å². The smallest absolute Gasteiger partial charge is 0.396 e. The average Bonchev–Trinajstić information content (AvgIpc) is 3.89. The number of Topliss-reactive ketones (excluding diaryl/α,β-unsaturated/α-hetero) is 1. The summed E-state index contributed by atoms with van der Waals surface area (Å²) in [6.07, 6.45) is -2.48. The maximum absolute atomic E-state index is 14.1. The number of carbonyl (C=O) groups excluding carboxylic acids is 2. The van der Waals surface area contributed by atoms with Gasteiger partial charge in [-0.2, -0.15) is 0 Å². The zero-order chi connectivity index (χ0) is 46.5. The maximum atomic E-state index is 14.1. The van der Waals surface area contributed by atoms with Gasteiger partial charge in [0.25, 0.3) is 0 Å². The van der Waals surface area contributed by atoms with E-state index in [2.05, 4.69) is 20.9 Å². The zero-order valence-electron chi connectivity index (χ0n) is 34.3. The summed E-state index contributed by atoms with van der Waals surface area (Å²) in [5, 5.41) is 22.0. The molecule has 362 valence electrons. The topological polar surface area (TPSA) is 278 Å². The van der Waals surface area contributed by atoms with Crippen LogP contribution in [0.25, 0.3) is 9.69 Å². The quantitative estimate of drug-likeness (QED) is 0.0245. The molecule has 65 heavy (non-hydrogen) atoms. The van der Waals surface area contributed by atoms with Crippen molar-refractivity contribution in [2.24, 2.45) is 5.92 Å². The van der Waals surface area contributed by atoms with E-state index >= 15 is 0 Å². The predicted molar refractivity (Wildman–Crippen MR) is 232 cm³/mol. The molecule has 0 spiro atoms. The van der Waals surface area contributed by atoms with Crippen LogP contribution in [0.5, 0.6) is 0 Å². The summed E-state index contributed by atoms with van der Waals surface area (Å²) >= 11 is 0. The van der Waals surface area contributed by atoms with Crippen molar-refractivity contribution in [1.82, 2.24) is 5.32 Å². The fourth-order valence-corrected chi connectivity index (χ4v) is 9.81. The van der Waals surface area contributed by atoms with Crippen molar-refractivity contribution in [2.75, 3.05) is 79.1 Å². The molecule has 4 unspecified atom stereocenters. The number of aliphatic hydroxyl groups excluding tert-OH is 2. The highest BCUT2D eigenvalue weighted by molar-refractivity contribution is 7.48. The van der Waals surface area contributed by atoms with Gasteiger partial charge in [0.2, 0.25) is 19.0 Å². The second-order valence-electron chi connectivity index (χ2n) is 14.0. The molecular formula is C36H59B3N3O20P3. The number of rotatable bonds is 32. The number of aliphatic hydroxyl groups is 2. The SMILES string of the molecule is C.C.[B][C@H]1C[C@@H](OP(=O)(O)OCC(CO)CC(=O)CCNC(=O)CCOCC#C)[C@@H](COP(=O)(OCC[N+]#[C-])O[C@@H]2C[C@H]([B])O[C@@H]2COP(=O)(OCC[N+]#[C-])O[C@@H]2C[C@H]([B])O[C@@H]2CO)O1. The first-order valence-electron chi connectivity index (χ1n) is 19.7. The summed E-state index contributed by atoms with van der Waals surface area (Å²) in [7, 11) is 3.61. The predicted octanol–water partition coefficient (Wildman–Crippen LogP) is 1.61.